The van der Waals surface area contributed by atoms with Crippen LogP contribution in [0.2, 0.25) is 5.02 Å². The Morgan fingerprint density at radius 2 is 2.09 bits per heavy atom. The number of alkyl carbamates (subject to hydrolysis) is 1. The van der Waals surface area contributed by atoms with Crippen LogP contribution in [0.15, 0.2) is 24.8 Å². The fraction of sp³-hybridized carbons (Fsp3) is 0.478. The third-order valence-electron chi connectivity index (χ3n) is 5.67. The largest absolute Gasteiger partial charge is 0.444 e. The minimum atomic E-state index is -0.529. The first-order chi connectivity index (χ1) is 15.6. The number of hydrogen-bond acceptors (Lipinski definition) is 7. The van der Waals surface area contributed by atoms with E-state index in [2.05, 4.69) is 32.1 Å². The van der Waals surface area contributed by atoms with Gasteiger partial charge in [-0.2, -0.15) is 0 Å². The molecule has 1 amide bonds. The quantitative estimate of drug-likeness (QED) is 0.582. The van der Waals surface area contributed by atoms with Crippen molar-refractivity contribution in [3.63, 3.8) is 0 Å². The van der Waals surface area contributed by atoms with Crippen LogP contribution in [0.5, 0.6) is 0 Å². The summed E-state index contributed by atoms with van der Waals surface area (Å²) in [6.45, 7) is 9.74. The highest BCUT2D eigenvalue weighted by molar-refractivity contribution is 6.31. The highest BCUT2D eigenvalue weighted by Crippen LogP contribution is 2.33. The monoisotopic (exact) mass is 471 g/mol. The number of ether oxygens (including phenoxy) is 1. The number of rotatable bonds is 5. The summed E-state index contributed by atoms with van der Waals surface area (Å²) in [6.07, 6.45) is 4.46. The van der Waals surface area contributed by atoms with Crippen molar-refractivity contribution in [2.45, 2.75) is 58.7 Å². The zero-order valence-corrected chi connectivity index (χ0v) is 20.2. The number of fused-ring (bicyclic) bond motifs is 1. The maximum atomic E-state index is 12.2. The number of benzene rings is 1. The molecule has 1 aromatic carbocycles. The molecule has 176 valence electrons. The van der Waals surface area contributed by atoms with Gasteiger partial charge in [0.1, 0.15) is 17.4 Å². The van der Waals surface area contributed by atoms with Crippen molar-refractivity contribution < 1.29 is 9.53 Å². The van der Waals surface area contributed by atoms with E-state index in [1.807, 2.05) is 37.5 Å². The summed E-state index contributed by atoms with van der Waals surface area (Å²) < 4.78 is 7.40. The average Bonchev–Trinajstić information content (AvgIpc) is 3.35. The molecule has 1 aliphatic rings. The zero-order chi connectivity index (χ0) is 23.8. The van der Waals surface area contributed by atoms with Crippen molar-refractivity contribution in [3.05, 3.63) is 40.9 Å². The van der Waals surface area contributed by atoms with Crippen LogP contribution >= 0.6 is 11.6 Å². The number of amides is 1. The molecule has 3 N–H and O–H groups in total. The zero-order valence-electron chi connectivity index (χ0n) is 19.4. The van der Waals surface area contributed by atoms with E-state index in [0.29, 0.717) is 35.1 Å². The van der Waals surface area contributed by atoms with E-state index in [1.165, 1.54) is 6.33 Å². The Balaban J connectivity index is 1.61. The van der Waals surface area contributed by atoms with Crippen LogP contribution in [0.1, 0.15) is 45.2 Å². The first kappa shape index (κ1) is 23.1. The van der Waals surface area contributed by atoms with Crippen LogP contribution < -0.4 is 16.0 Å². The van der Waals surface area contributed by atoms with Gasteiger partial charge < -0.3 is 25.3 Å². The number of imidazole rings is 1. The van der Waals surface area contributed by atoms with E-state index < -0.39 is 11.7 Å². The Labute approximate surface area is 198 Å². The van der Waals surface area contributed by atoms with E-state index in [1.54, 1.807) is 6.33 Å². The fourth-order valence-electron chi connectivity index (χ4n) is 4.21. The van der Waals surface area contributed by atoms with Crippen LogP contribution in [0.4, 0.5) is 16.3 Å². The number of carbonyl (C=O) groups excluding carboxylic acids is 1. The number of nitrogen functional groups attached to an aromatic ring is 1. The van der Waals surface area contributed by atoms with Gasteiger partial charge in [-0.05, 0) is 56.9 Å². The number of halogens is 1. The number of aromatic nitrogens is 4. The highest BCUT2D eigenvalue weighted by atomic mass is 35.5. The molecule has 3 heterocycles. The first-order valence-corrected chi connectivity index (χ1v) is 11.5. The molecule has 0 saturated carbocycles. The van der Waals surface area contributed by atoms with Crippen molar-refractivity contribution >= 4 is 40.4 Å². The Morgan fingerprint density at radius 3 is 2.82 bits per heavy atom. The summed E-state index contributed by atoms with van der Waals surface area (Å²) in [6, 6.07) is 4.00. The van der Waals surface area contributed by atoms with Gasteiger partial charge in [0.25, 0.3) is 0 Å². The third kappa shape index (κ3) is 5.13. The molecule has 1 aliphatic heterocycles. The lowest BCUT2D eigenvalue weighted by molar-refractivity contribution is 0.0509. The number of nitrogens with zero attached hydrogens (tertiary/aromatic N) is 5. The van der Waals surface area contributed by atoms with E-state index in [-0.39, 0.29) is 6.04 Å². The Hall–Kier alpha value is -3.07. The van der Waals surface area contributed by atoms with Crippen molar-refractivity contribution in [2.75, 3.05) is 23.7 Å². The van der Waals surface area contributed by atoms with Crippen molar-refractivity contribution in [2.24, 2.45) is 0 Å². The summed E-state index contributed by atoms with van der Waals surface area (Å²) in [7, 11) is 0. The maximum Gasteiger partial charge on any atom is 0.407 e. The van der Waals surface area contributed by atoms with Crippen molar-refractivity contribution in [3.8, 4) is 0 Å². The number of aryl methyl sites for hydroxylation is 1. The van der Waals surface area contributed by atoms with Crippen LogP contribution in [0, 0.1) is 0 Å². The van der Waals surface area contributed by atoms with E-state index >= 15 is 0 Å². The van der Waals surface area contributed by atoms with Crippen molar-refractivity contribution in [1.29, 1.82) is 0 Å². The molecule has 0 spiro atoms. The molecule has 4 rings (SSSR count). The molecule has 0 aliphatic carbocycles. The molecule has 9 nitrogen and oxygen atoms in total. The second kappa shape index (κ2) is 9.05. The molecule has 33 heavy (non-hydrogen) atoms. The standard InChI is InChI=1S/C23H30ClN7O2/c1-5-14-8-15(24)9-18(30-7-6-16(10-30)29-22(32)33-23(2,3)4)17(14)11-31-13-28-19-20(25)26-12-27-21(19)31/h8-9,12-13,16H,5-7,10-11H2,1-4H3,(H,29,32)(H2,25,26,27). The lowest BCUT2D eigenvalue weighted by Crippen LogP contribution is -2.40. The van der Waals surface area contributed by atoms with Crippen LogP contribution in [0.3, 0.4) is 0 Å². The van der Waals surface area contributed by atoms with Gasteiger partial charge >= 0.3 is 6.09 Å². The number of carbonyl (C=O) groups is 1. The minimum Gasteiger partial charge on any atom is -0.444 e. The molecular weight excluding hydrogens is 442 g/mol. The van der Waals surface area contributed by atoms with E-state index in [9.17, 15) is 4.79 Å². The highest BCUT2D eigenvalue weighted by Gasteiger charge is 2.28. The maximum absolute atomic E-state index is 12.2. The second-order valence-electron chi connectivity index (χ2n) is 9.30. The van der Waals surface area contributed by atoms with Gasteiger partial charge in [0.15, 0.2) is 11.5 Å². The number of anilines is 2. The van der Waals surface area contributed by atoms with Gasteiger partial charge in [0.05, 0.1) is 18.9 Å². The normalized spacial score (nSPS) is 16.4. The van der Waals surface area contributed by atoms with Gasteiger partial charge in [-0.1, -0.05) is 18.5 Å². The van der Waals surface area contributed by atoms with Gasteiger partial charge in [0.2, 0.25) is 0 Å². The summed E-state index contributed by atoms with van der Waals surface area (Å²) in [4.78, 5) is 27.3. The summed E-state index contributed by atoms with van der Waals surface area (Å²) >= 11 is 6.50. The Bertz CT molecular complexity index is 1170. The molecule has 10 heteroatoms. The third-order valence-corrected chi connectivity index (χ3v) is 5.89. The molecule has 1 atom stereocenters. The number of hydrogen-bond donors (Lipinski definition) is 2. The lowest BCUT2D eigenvalue weighted by Gasteiger charge is -2.25. The predicted octanol–water partition coefficient (Wildman–Crippen LogP) is 3.78. The smallest absolute Gasteiger partial charge is 0.407 e. The van der Waals surface area contributed by atoms with Crippen LogP contribution in [-0.2, 0) is 17.7 Å². The minimum absolute atomic E-state index is 0.00151. The van der Waals surface area contributed by atoms with Gasteiger partial charge in [0, 0.05) is 23.8 Å². The number of nitrogens with two attached hydrogens (primary N) is 1. The summed E-state index contributed by atoms with van der Waals surface area (Å²) in [5.41, 5.74) is 10.1. The molecule has 1 saturated heterocycles. The van der Waals surface area contributed by atoms with Gasteiger partial charge in [-0.15, -0.1) is 0 Å². The SMILES string of the molecule is CCc1cc(Cl)cc(N2CCC(NC(=O)OC(C)(C)C)C2)c1Cn1cnc2c(N)ncnc21. The first-order valence-electron chi connectivity index (χ1n) is 11.1. The van der Waals surface area contributed by atoms with E-state index in [0.717, 1.165) is 36.2 Å². The topological polar surface area (TPSA) is 111 Å². The average molecular weight is 472 g/mol. The Morgan fingerprint density at radius 1 is 1.30 bits per heavy atom. The van der Waals surface area contributed by atoms with Crippen molar-refractivity contribution in [1.82, 2.24) is 24.8 Å². The van der Waals surface area contributed by atoms with Gasteiger partial charge in [-0.3, -0.25) is 0 Å². The van der Waals surface area contributed by atoms with E-state index in [4.69, 9.17) is 22.1 Å². The molecule has 3 aromatic rings. The molecule has 0 bridgehead atoms. The molecule has 1 fully saturated rings. The molecule has 2 aromatic heterocycles. The molecule has 0 radical (unpaired) electrons. The fourth-order valence-corrected chi connectivity index (χ4v) is 4.45. The van der Waals surface area contributed by atoms with Gasteiger partial charge in [-0.25, -0.2) is 19.7 Å². The van der Waals surface area contributed by atoms with Crippen LogP contribution in [-0.4, -0.2) is 50.3 Å². The Kier molecular flexibility index (Phi) is 6.34. The predicted molar refractivity (Wildman–Crippen MR) is 130 cm³/mol. The lowest BCUT2D eigenvalue weighted by atomic mass is 10.0. The summed E-state index contributed by atoms with van der Waals surface area (Å²) in [5.74, 6) is 0.362. The number of nitrogens with one attached hydrogen (secondary N) is 1. The second-order valence-corrected chi connectivity index (χ2v) is 9.73. The van der Waals surface area contributed by atoms with Crippen LogP contribution in [0.25, 0.3) is 11.2 Å². The summed E-state index contributed by atoms with van der Waals surface area (Å²) in [5, 5.41) is 3.68. The molecular formula is C23H30ClN7O2. The molecule has 1 unspecified atom stereocenters.